The van der Waals surface area contributed by atoms with E-state index in [0.29, 0.717) is 6.04 Å². The second-order valence-electron chi connectivity index (χ2n) is 3.62. The molecule has 1 unspecified atom stereocenters. The Hall–Kier alpha value is -0.520. The van der Waals surface area contributed by atoms with Crippen molar-refractivity contribution in [2.75, 3.05) is 26.3 Å². The Morgan fingerprint density at radius 3 is 3.23 bits per heavy atom. The summed E-state index contributed by atoms with van der Waals surface area (Å²) in [5.74, 6) is 2.68. The van der Waals surface area contributed by atoms with E-state index in [2.05, 4.69) is 17.7 Å². The van der Waals surface area contributed by atoms with Crippen LogP contribution in [0.25, 0.3) is 0 Å². The Balaban J connectivity index is 2.24. The molecule has 0 aromatic carbocycles. The molecule has 1 atom stereocenters. The van der Waals surface area contributed by atoms with Crippen LogP contribution in [-0.2, 0) is 4.74 Å². The highest BCUT2D eigenvalue weighted by atomic mass is 16.5. The van der Waals surface area contributed by atoms with Crippen molar-refractivity contribution >= 4 is 0 Å². The van der Waals surface area contributed by atoms with Gasteiger partial charge in [0.05, 0.1) is 6.61 Å². The third-order valence-corrected chi connectivity index (χ3v) is 2.48. The predicted octanol–water partition coefficient (Wildman–Crippen LogP) is 1.51. The number of nitrogens with zero attached hydrogens (tertiary/aromatic N) is 1. The number of rotatable bonds is 3. The summed E-state index contributed by atoms with van der Waals surface area (Å²) < 4.78 is 5.46. The van der Waals surface area contributed by atoms with Crippen LogP contribution in [-0.4, -0.2) is 37.2 Å². The first-order valence-electron chi connectivity index (χ1n) is 5.10. The lowest BCUT2D eigenvalue weighted by molar-refractivity contribution is 0.108. The highest BCUT2D eigenvalue weighted by molar-refractivity contribution is 4.84. The Morgan fingerprint density at radius 1 is 1.62 bits per heavy atom. The maximum atomic E-state index is 5.46. The molecule has 0 amide bonds. The Labute approximate surface area is 81.3 Å². The molecule has 1 fully saturated rings. The minimum absolute atomic E-state index is 0.556. The van der Waals surface area contributed by atoms with Gasteiger partial charge in [0, 0.05) is 25.6 Å². The summed E-state index contributed by atoms with van der Waals surface area (Å²) in [7, 11) is 0. The quantitative estimate of drug-likeness (QED) is 0.483. The fourth-order valence-electron chi connectivity index (χ4n) is 1.67. The minimum Gasteiger partial charge on any atom is -0.380 e. The summed E-state index contributed by atoms with van der Waals surface area (Å²) in [4.78, 5) is 2.48. The molecule has 0 spiro atoms. The van der Waals surface area contributed by atoms with Gasteiger partial charge in [-0.25, -0.2) is 0 Å². The number of ether oxygens (including phenoxy) is 1. The SMILES string of the molecule is C#CCCCN1CCCOCC1C. The van der Waals surface area contributed by atoms with Crippen LogP contribution in [0.1, 0.15) is 26.2 Å². The molecule has 2 heteroatoms. The van der Waals surface area contributed by atoms with Gasteiger partial charge < -0.3 is 4.74 Å². The van der Waals surface area contributed by atoms with E-state index in [9.17, 15) is 0 Å². The number of hydrogen-bond donors (Lipinski definition) is 0. The lowest BCUT2D eigenvalue weighted by Gasteiger charge is -2.25. The first-order valence-corrected chi connectivity index (χ1v) is 5.10. The topological polar surface area (TPSA) is 12.5 Å². The van der Waals surface area contributed by atoms with Crippen molar-refractivity contribution in [2.45, 2.75) is 32.2 Å². The van der Waals surface area contributed by atoms with Gasteiger partial charge in [-0.1, -0.05) is 0 Å². The zero-order valence-corrected chi connectivity index (χ0v) is 8.46. The van der Waals surface area contributed by atoms with E-state index in [-0.39, 0.29) is 0 Å². The standard InChI is InChI=1S/C11H19NO/c1-3-4-5-7-12-8-6-9-13-10-11(12)2/h1,11H,4-10H2,2H3. The molecular formula is C11H19NO. The van der Waals surface area contributed by atoms with Gasteiger partial charge in [0.2, 0.25) is 0 Å². The van der Waals surface area contributed by atoms with Gasteiger partial charge in [0.25, 0.3) is 0 Å². The van der Waals surface area contributed by atoms with Crippen molar-refractivity contribution in [1.29, 1.82) is 0 Å². The number of terminal acetylenes is 1. The average molecular weight is 181 g/mol. The van der Waals surface area contributed by atoms with E-state index in [4.69, 9.17) is 11.2 Å². The van der Waals surface area contributed by atoms with E-state index in [1.807, 2.05) is 0 Å². The summed E-state index contributed by atoms with van der Waals surface area (Å²) in [6, 6.07) is 0.556. The van der Waals surface area contributed by atoms with Crippen LogP contribution in [0.4, 0.5) is 0 Å². The molecule has 1 aliphatic heterocycles. The number of unbranched alkanes of at least 4 members (excludes halogenated alkanes) is 1. The molecule has 0 aromatic heterocycles. The molecule has 0 radical (unpaired) electrons. The van der Waals surface area contributed by atoms with Crippen LogP contribution in [0.2, 0.25) is 0 Å². The maximum absolute atomic E-state index is 5.46. The fourth-order valence-corrected chi connectivity index (χ4v) is 1.67. The third kappa shape index (κ3) is 3.80. The van der Waals surface area contributed by atoms with Gasteiger partial charge in [-0.05, 0) is 26.3 Å². The minimum atomic E-state index is 0.556. The molecule has 74 valence electrons. The molecule has 13 heavy (non-hydrogen) atoms. The van der Waals surface area contributed by atoms with E-state index in [1.165, 1.54) is 0 Å². The fraction of sp³-hybridized carbons (Fsp3) is 0.818. The average Bonchev–Trinajstić information content (AvgIpc) is 2.32. The largest absolute Gasteiger partial charge is 0.380 e. The second kappa shape index (κ2) is 6.01. The summed E-state index contributed by atoms with van der Waals surface area (Å²) >= 11 is 0. The molecule has 1 aliphatic rings. The highest BCUT2D eigenvalue weighted by Gasteiger charge is 2.15. The maximum Gasteiger partial charge on any atom is 0.0619 e. The normalized spacial score (nSPS) is 25.1. The van der Waals surface area contributed by atoms with Crippen molar-refractivity contribution in [2.24, 2.45) is 0 Å². The van der Waals surface area contributed by atoms with Gasteiger partial charge >= 0.3 is 0 Å². The molecule has 0 bridgehead atoms. The first kappa shape index (κ1) is 10.6. The molecule has 2 nitrogen and oxygen atoms in total. The summed E-state index contributed by atoms with van der Waals surface area (Å²) in [5, 5.41) is 0. The van der Waals surface area contributed by atoms with Crippen LogP contribution in [0.3, 0.4) is 0 Å². The smallest absolute Gasteiger partial charge is 0.0619 e. The molecular weight excluding hydrogens is 162 g/mol. The van der Waals surface area contributed by atoms with E-state index < -0.39 is 0 Å². The van der Waals surface area contributed by atoms with Gasteiger partial charge in [0.1, 0.15) is 0 Å². The molecule has 1 saturated heterocycles. The van der Waals surface area contributed by atoms with Crippen molar-refractivity contribution in [1.82, 2.24) is 4.90 Å². The van der Waals surface area contributed by atoms with E-state index >= 15 is 0 Å². The van der Waals surface area contributed by atoms with E-state index in [1.54, 1.807) is 0 Å². The highest BCUT2D eigenvalue weighted by Crippen LogP contribution is 2.07. The molecule has 0 N–H and O–H groups in total. The van der Waals surface area contributed by atoms with Crippen LogP contribution in [0, 0.1) is 12.3 Å². The van der Waals surface area contributed by atoms with Gasteiger partial charge in [-0.3, -0.25) is 4.90 Å². The van der Waals surface area contributed by atoms with Gasteiger partial charge in [-0.15, -0.1) is 12.3 Å². The Kier molecular flexibility index (Phi) is 4.88. The lowest BCUT2D eigenvalue weighted by atomic mass is 10.2. The summed E-state index contributed by atoms with van der Waals surface area (Å²) in [6.07, 6.45) is 8.37. The van der Waals surface area contributed by atoms with Crippen molar-refractivity contribution < 1.29 is 4.74 Å². The lowest BCUT2D eigenvalue weighted by Crippen LogP contribution is -2.35. The predicted molar refractivity (Wildman–Crippen MR) is 54.5 cm³/mol. The third-order valence-electron chi connectivity index (χ3n) is 2.48. The van der Waals surface area contributed by atoms with E-state index in [0.717, 1.165) is 45.6 Å². The van der Waals surface area contributed by atoms with Crippen molar-refractivity contribution in [3.63, 3.8) is 0 Å². The number of hydrogen-bond acceptors (Lipinski definition) is 2. The van der Waals surface area contributed by atoms with Crippen molar-refractivity contribution in [3.05, 3.63) is 0 Å². The van der Waals surface area contributed by atoms with Gasteiger partial charge in [-0.2, -0.15) is 0 Å². The molecule has 1 rings (SSSR count). The Bertz CT molecular complexity index is 173. The first-order chi connectivity index (χ1) is 6.34. The van der Waals surface area contributed by atoms with Crippen LogP contribution in [0.5, 0.6) is 0 Å². The van der Waals surface area contributed by atoms with Crippen molar-refractivity contribution in [3.8, 4) is 12.3 Å². The monoisotopic (exact) mass is 181 g/mol. The molecule has 0 aromatic rings. The summed E-state index contributed by atoms with van der Waals surface area (Å²) in [5.41, 5.74) is 0. The second-order valence-corrected chi connectivity index (χ2v) is 3.62. The molecule has 1 heterocycles. The zero-order chi connectivity index (χ0) is 9.52. The molecule has 0 saturated carbocycles. The van der Waals surface area contributed by atoms with Crippen LogP contribution < -0.4 is 0 Å². The van der Waals surface area contributed by atoms with Crippen LogP contribution in [0.15, 0.2) is 0 Å². The zero-order valence-electron chi connectivity index (χ0n) is 8.46. The Morgan fingerprint density at radius 2 is 2.46 bits per heavy atom. The summed E-state index contributed by atoms with van der Waals surface area (Å²) in [6.45, 7) is 6.29. The molecule has 0 aliphatic carbocycles. The van der Waals surface area contributed by atoms with Crippen LogP contribution >= 0.6 is 0 Å². The van der Waals surface area contributed by atoms with Gasteiger partial charge in [0.15, 0.2) is 0 Å².